The van der Waals surface area contributed by atoms with Crippen molar-refractivity contribution in [1.82, 2.24) is 9.62 Å². The van der Waals surface area contributed by atoms with Gasteiger partial charge in [0, 0.05) is 25.3 Å². The number of benzene rings is 1. The molecule has 1 aromatic rings. The van der Waals surface area contributed by atoms with Crippen molar-refractivity contribution in [2.24, 2.45) is 5.92 Å². The molecule has 6 nitrogen and oxygen atoms in total. The lowest BCUT2D eigenvalue weighted by Gasteiger charge is -2.30. The average Bonchev–Trinajstić information content (AvgIpc) is 3.00. The van der Waals surface area contributed by atoms with E-state index < -0.39 is 10.0 Å². The van der Waals surface area contributed by atoms with Crippen LogP contribution in [0.25, 0.3) is 0 Å². The van der Waals surface area contributed by atoms with E-state index in [2.05, 4.69) is 16.7 Å². The Hall–Kier alpha value is -1.60. The van der Waals surface area contributed by atoms with Gasteiger partial charge < -0.3 is 10.6 Å². The highest BCUT2D eigenvalue weighted by atomic mass is 32.2. The van der Waals surface area contributed by atoms with Crippen molar-refractivity contribution in [2.75, 3.05) is 31.2 Å². The predicted octanol–water partition coefficient (Wildman–Crippen LogP) is 1.97. The Morgan fingerprint density at radius 1 is 1.25 bits per heavy atom. The van der Waals surface area contributed by atoms with Crippen molar-refractivity contribution >= 4 is 21.7 Å². The van der Waals surface area contributed by atoms with Crippen LogP contribution in [-0.4, -0.2) is 44.6 Å². The lowest BCUT2D eigenvalue weighted by molar-refractivity contribution is 0.239. The van der Waals surface area contributed by atoms with Crippen molar-refractivity contribution < 1.29 is 13.2 Å². The van der Waals surface area contributed by atoms with Gasteiger partial charge in [-0.3, -0.25) is 0 Å². The van der Waals surface area contributed by atoms with Crippen molar-refractivity contribution in [2.45, 2.75) is 32.1 Å². The quantitative estimate of drug-likeness (QED) is 0.870. The molecule has 2 N–H and O–H groups in total. The molecule has 0 spiro atoms. The number of anilines is 1. The highest BCUT2D eigenvalue weighted by molar-refractivity contribution is 7.88. The maximum Gasteiger partial charge on any atom is 0.319 e. The summed E-state index contributed by atoms with van der Waals surface area (Å²) in [5, 5.41) is 5.74. The van der Waals surface area contributed by atoms with E-state index in [9.17, 15) is 13.2 Å². The van der Waals surface area contributed by atoms with E-state index in [4.69, 9.17) is 0 Å². The number of carbonyl (C=O) groups is 1. The zero-order chi connectivity index (χ0) is 17.2. The summed E-state index contributed by atoms with van der Waals surface area (Å²) >= 11 is 0. The fourth-order valence-corrected chi connectivity index (χ4v) is 4.50. The molecule has 1 aromatic carbocycles. The molecule has 7 heteroatoms. The molecule has 3 rings (SSSR count). The van der Waals surface area contributed by atoms with E-state index >= 15 is 0 Å². The first-order valence-corrected chi connectivity index (χ1v) is 10.4. The molecular formula is C17H25N3O3S. The Kier molecular flexibility index (Phi) is 5.10. The van der Waals surface area contributed by atoms with E-state index in [1.807, 2.05) is 12.1 Å². The fraction of sp³-hybridized carbons (Fsp3) is 0.588. The van der Waals surface area contributed by atoms with Gasteiger partial charge >= 0.3 is 6.03 Å². The smallest absolute Gasteiger partial charge is 0.319 e. The van der Waals surface area contributed by atoms with Gasteiger partial charge in [0.25, 0.3) is 0 Å². The number of fused-ring (bicyclic) bond motifs is 1. The number of nitrogens with one attached hydrogen (secondary N) is 2. The number of piperidine rings is 1. The third kappa shape index (κ3) is 4.27. The van der Waals surface area contributed by atoms with E-state index in [1.165, 1.54) is 28.1 Å². The van der Waals surface area contributed by atoms with Crippen molar-refractivity contribution in [3.8, 4) is 0 Å². The molecule has 1 unspecified atom stereocenters. The van der Waals surface area contributed by atoms with Gasteiger partial charge in [0.05, 0.1) is 6.26 Å². The zero-order valence-corrected chi connectivity index (χ0v) is 14.9. The summed E-state index contributed by atoms with van der Waals surface area (Å²) in [7, 11) is -3.15. The van der Waals surface area contributed by atoms with Crippen molar-refractivity contribution in [3.05, 3.63) is 29.3 Å². The Labute approximate surface area is 143 Å². The predicted molar refractivity (Wildman–Crippen MR) is 94.6 cm³/mol. The fourth-order valence-electron chi connectivity index (χ4n) is 3.56. The number of sulfonamides is 1. The number of rotatable bonds is 4. The van der Waals surface area contributed by atoms with Crippen LogP contribution < -0.4 is 10.6 Å². The van der Waals surface area contributed by atoms with Crippen LogP contribution in [-0.2, 0) is 22.9 Å². The molecule has 0 saturated carbocycles. The summed E-state index contributed by atoms with van der Waals surface area (Å²) in [5.74, 6) is 0.166. The SMILES string of the molecule is CS(=O)(=O)N1CCCC(CNC(=O)Nc2ccc3c(c2)CCC3)C1. The largest absolute Gasteiger partial charge is 0.338 e. The molecule has 24 heavy (non-hydrogen) atoms. The summed E-state index contributed by atoms with van der Waals surface area (Å²) in [5.41, 5.74) is 3.52. The molecule has 1 aliphatic heterocycles. The van der Waals surface area contributed by atoms with Crippen LogP contribution in [0.4, 0.5) is 10.5 Å². The van der Waals surface area contributed by atoms with E-state index in [-0.39, 0.29) is 11.9 Å². The van der Waals surface area contributed by atoms with Gasteiger partial charge in [-0.15, -0.1) is 0 Å². The van der Waals surface area contributed by atoms with Crippen LogP contribution in [0.15, 0.2) is 18.2 Å². The molecule has 1 fully saturated rings. The number of aryl methyl sites for hydroxylation is 2. The summed E-state index contributed by atoms with van der Waals surface area (Å²) < 4.78 is 24.8. The second-order valence-corrected chi connectivity index (χ2v) is 8.78. The van der Waals surface area contributed by atoms with Gasteiger partial charge in [0.2, 0.25) is 10.0 Å². The average molecular weight is 351 g/mol. The van der Waals surface area contributed by atoms with Crippen LogP contribution in [0.1, 0.15) is 30.4 Å². The summed E-state index contributed by atoms with van der Waals surface area (Å²) in [6.07, 6.45) is 6.40. The lowest BCUT2D eigenvalue weighted by Crippen LogP contribution is -2.43. The highest BCUT2D eigenvalue weighted by Gasteiger charge is 2.26. The number of nitrogens with zero attached hydrogens (tertiary/aromatic N) is 1. The minimum atomic E-state index is -3.15. The van der Waals surface area contributed by atoms with E-state index in [0.29, 0.717) is 19.6 Å². The highest BCUT2D eigenvalue weighted by Crippen LogP contribution is 2.25. The topological polar surface area (TPSA) is 78.5 Å². The molecule has 132 valence electrons. The lowest BCUT2D eigenvalue weighted by atomic mass is 10.00. The van der Waals surface area contributed by atoms with Gasteiger partial charge in [0.1, 0.15) is 0 Å². The molecule has 0 aromatic heterocycles. The van der Waals surface area contributed by atoms with E-state index in [1.54, 1.807) is 0 Å². The minimum absolute atomic E-state index is 0.166. The Morgan fingerprint density at radius 3 is 2.83 bits per heavy atom. The van der Waals surface area contributed by atoms with Crippen LogP contribution in [0.3, 0.4) is 0 Å². The number of amides is 2. The number of hydrogen-bond donors (Lipinski definition) is 2. The molecule has 0 radical (unpaired) electrons. The van der Waals surface area contributed by atoms with Gasteiger partial charge in [-0.1, -0.05) is 6.07 Å². The van der Waals surface area contributed by atoms with Crippen LogP contribution >= 0.6 is 0 Å². The van der Waals surface area contributed by atoms with Gasteiger partial charge in [-0.25, -0.2) is 17.5 Å². The first-order valence-electron chi connectivity index (χ1n) is 8.53. The molecule has 2 aliphatic rings. The van der Waals surface area contributed by atoms with Gasteiger partial charge in [-0.05, 0) is 61.3 Å². The normalized spacial score (nSPS) is 21.3. The van der Waals surface area contributed by atoms with Crippen LogP contribution in [0.5, 0.6) is 0 Å². The number of carbonyl (C=O) groups excluding carboxylic acids is 1. The first kappa shape index (κ1) is 17.2. The third-order valence-electron chi connectivity index (χ3n) is 4.86. The Morgan fingerprint density at radius 2 is 2.04 bits per heavy atom. The van der Waals surface area contributed by atoms with Crippen LogP contribution in [0.2, 0.25) is 0 Å². The van der Waals surface area contributed by atoms with E-state index in [0.717, 1.165) is 31.4 Å². The number of urea groups is 1. The summed E-state index contributed by atoms with van der Waals surface area (Å²) in [4.78, 5) is 12.1. The van der Waals surface area contributed by atoms with Gasteiger partial charge in [-0.2, -0.15) is 0 Å². The first-order chi connectivity index (χ1) is 11.4. The molecular weight excluding hydrogens is 326 g/mol. The van der Waals surface area contributed by atoms with Crippen molar-refractivity contribution in [1.29, 1.82) is 0 Å². The molecule has 1 atom stereocenters. The maximum absolute atomic E-state index is 12.1. The summed E-state index contributed by atoms with van der Waals surface area (Å²) in [6, 6.07) is 5.84. The molecule has 1 saturated heterocycles. The van der Waals surface area contributed by atoms with Crippen LogP contribution in [0, 0.1) is 5.92 Å². The monoisotopic (exact) mass is 351 g/mol. The maximum atomic E-state index is 12.1. The van der Waals surface area contributed by atoms with Crippen molar-refractivity contribution in [3.63, 3.8) is 0 Å². The Bertz CT molecular complexity index is 718. The number of hydrogen-bond acceptors (Lipinski definition) is 3. The third-order valence-corrected chi connectivity index (χ3v) is 6.13. The second-order valence-electron chi connectivity index (χ2n) is 6.80. The molecule has 2 amide bonds. The summed E-state index contributed by atoms with van der Waals surface area (Å²) in [6.45, 7) is 1.55. The minimum Gasteiger partial charge on any atom is -0.338 e. The standard InChI is InChI=1S/C17H25N3O3S/c1-24(22,23)20-9-3-4-13(12-20)11-18-17(21)19-16-8-7-14-5-2-6-15(14)10-16/h7-8,10,13H,2-6,9,11-12H2,1H3,(H2,18,19,21). The molecule has 0 bridgehead atoms. The zero-order valence-electron chi connectivity index (χ0n) is 14.0. The Balaban J connectivity index is 1.49. The van der Waals surface area contributed by atoms with Gasteiger partial charge in [0.15, 0.2) is 0 Å². The second kappa shape index (κ2) is 7.11. The molecule has 1 aliphatic carbocycles. The molecule has 1 heterocycles.